The van der Waals surface area contributed by atoms with E-state index in [9.17, 15) is 9.59 Å². The maximum Gasteiger partial charge on any atom is 1.00 e. The summed E-state index contributed by atoms with van der Waals surface area (Å²) in [5, 5.41) is 3.44. The number of nitrogens with zero attached hydrogens (tertiary/aromatic N) is 3. The number of aromatic amines is 1. The largest absolute Gasteiger partial charge is 1.00 e. The van der Waals surface area contributed by atoms with Crippen molar-refractivity contribution in [2.75, 3.05) is 19.7 Å². The van der Waals surface area contributed by atoms with Crippen LogP contribution in [0.15, 0.2) is 104 Å². The van der Waals surface area contributed by atoms with Crippen molar-refractivity contribution in [3.05, 3.63) is 136 Å². The maximum atomic E-state index is 11.2. The van der Waals surface area contributed by atoms with Gasteiger partial charge in [-0.1, -0.05) is 42.5 Å². The fraction of sp³-hybridized carbons (Fsp3) is 0.175. The Kier molecular flexibility index (Phi) is 13.0. The number of H-pyrrole nitrogens is 1. The molecule has 8 heteroatoms. The Hall–Kier alpha value is -4.83. The van der Waals surface area contributed by atoms with E-state index in [0.717, 1.165) is 39.8 Å². The number of ketones is 1. The van der Waals surface area contributed by atoms with Crippen LogP contribution in [0.4, 0.5) is 0 Å². The quantitative estimate of drug-likeness (QED) is 0.159. The number of carbonyl (C=O) groups excluding carboxylic acids is 2. The van der Waals surface area contributed by atoms with Crippen LogP contribution in [-0.2, 0) is 16.0 Å². The first kappa shape index (κ1) is 36.0. The molecule has 0 spiro atoms. The summed E-state index contributed by atoms with van der Waals surface area (Å²) < 4.78 is 6.28. The van der Waals surface area contributed by atoms with Crippen LogP contribution in [0.3, 0.4) is 0 Å². The number of carbonyl (C=O) groups is 2. The zero-order valence-electron chi connectivity index (χ0n) is 27.7. The van der Waals surface area contributed by atoms with Crippen LogP contribution in [0.2, 0.25) is 0 Å². The molecule has 3 aromatic carbocycles. The number of pyridine rings is 2. The van der Waals surface area contributed by atoms with Crippen LogP contribution in [-0.4, -0.2) is 51.2 Å². The van der Waals surface area contributed by atoms with Gasteiger partial charge in [0.1, 0.15) is 5.78 Å². The second-order valence-corrected chi connectivity index (χ2v) is 11.2. The zero-order chi connectivity index (χ0) is 33.2. The molecule has 1 N–H and O–H groups in total. The number of benzene rings is 3. The molecule has 0 unspecified atom stereocenters. The molecule has 0 aliphatic rings. The SMILES string of the molecule is [CH2-]CN(C[CH2-])C(=O)CCC(C)=O.[CH2-]c1ccc(-c2c[nH]c3ccncc23)c(OCCc2ccc(-c3cccc4ccncc34)cc2)c1.[Li+]. The molecule has 0 saturated carbocycles. The molecule has 6 aromatic rings. The Labute approximate surface area is 294 Å². The summed E-state index contributed by atoms with van der Waals surface area (Å²) in [7, 11) is 0. The van der Waals surface area contributed by atoms with Crippen LogP contribution >= 0.6 is 0 Å². The van der Waals surface area contributed by atoms with Gasteiger partial charge in [0.25, 0.3) is 0 Å². The van der Waals surface area contributed by atoms with Crippen LogP contribution < -0.4 is 23.6 Å². The Morgan fingerprint density at radius 2 is 1.56 bits per heavy atom. The normalized spacial score (nSPS) is 10.6. The van der Waals surface area contributed by atoms with Crippen molar-refractivity contribution in [2.45, 2.75) is 26.2 Å². The standard InChI is InChI=1S/C31H24N3O.C9H15NO2.Li/c1-21-5-10-26(28-20-34-30-12-15-33-19-29(28)30)31(17-21)35-16-13-22-6-8-24(9-7-22)25-4-2-3-23-11-14-32-18-27(23)25;1-4-10(5-2)9(12)7-6-8(3)11;/h2-12,14-15,17-20,34H,1,13,16H2;1-2,4-7H2,3H3;/q-1;-2;+1. The molecule has 1 amide bonds. The van der Waals surface area contributed by atoms with E-state index < -0.39 is 0 Å². The Morgan fingerprint density at radius 1 is 0.833 bits per heavy atom. The molecule has 0 saturated heterocycles. The number of Topliss-reactive ketones (excluding diaryl/α,β-unsaturated/α-hetero) is 1. The number of hydrogen-bond acceptors (Lipinski definition) is 5. The molecule has 3 aromatic heterocycles. The predicted molar refractivity (Wildman–Crippen MR) is 190 cm³/mol. The first-order chi connectivity index (χ1) is 22.9. The minimum Gasteiger partial charge on any atom is -0.505 e. The Balaban J connectivity index is 0.000000345. The van der Waals surface area contributed by atoms with Gasteiger partial charge < -0.3 is 33.3 Å². The van der Waals surface area contributed by atoms with E-state index in [1.54, 1.807) is 6.20 Å². The van der Waals surface area contributed by atoms with Crippen molar-refractivity contribution in [3.63, 3.8) is 0 Å². The van der Waals surface area contributed by atoms with Gasteiger partial charge in [-0.3, -0.25) is 14.8 Å². The minimum absolute atomic E-state index is 0. The average Bonchev–Trinajstić information content (AvgIpc) is 3.52. The summed E-state index contributed by atoms with van der Waals surface area (Å²) in [6.07, 6.45) is 10.9. The topological polar surface area (TPSA) is 88.2 Å². The van der Waals surface area contributed by atoms with Crippen LogP contribution in [0, 0.1) is 20.8 Å². The third kappa shape index (κ3) is 8.95. The van der Waals surface area contributed by atoms with Gasteiger partial charge in [-0.25, -0.2) is 0 Å². The van der Waals surface area contributed by atoms with E-state index in [-0.39, 0.29) is 37.0 Å². The maximum absolute atomic E-state index is 11.2. The molecule has 0 radical (unpaired) electrons. The van der Waals surface area contributed by atoms with E-state index in [1.807, 2.05) is 49.1 Å². The molecule has 48 heavy (non-hydrogen) atoms. The number of amides is 1. The zero-order valence-corrected chi connectivity index (χ0v) is 27.7. The van der Waals surface area contributed by atoms with E-state index in [2.05, 4.69) is 84.3 Å². The second-order valence-electron chi connectivity index (χ2n) is 11.2. The molecule has 0 aliphatic carbocycles. The second kappa shape index (κ2) is 17.4. The number of aromatic nitrogens is 3. The Bertz CT molecular complexity index is 1960. The van der Waals surface area contributed by atoms with Gasteiger partial charge in [0, 0.05) is 77.7 Å². The van der Waals surface area contributed by atoms with Crippen LogP contribution in [0.25, 0.3) is 43.9 Å². The number of nitrogens with one attached hydrogen (secondary N) is 1. The van der Waals surface area contributed by atoms with Gasteiger partial charge in [0.15, 0.2) is 0 Å². The van der Waals surface area contributed by atoms with E-state index >= 15 is 0 Å². The fourth-order valence-electron chi connectivity index (χ4n) is 5.39. The molecule has 7 nitrogen and oxygen atoms in total. The third-order valence-electron chi connectivity index (χ3n) is 8.00. The van der Waals surface area contributed by atoms with Crippen LogP contribution in [0.1, 0.15) is 30.9 Å². The smallest absolute Gasteiger partial charge is 0.505 e. The molecule has 0 aliphatic heterocycles. The number of fused-ring (bicyclic) bond motifs is 2. The molecule has 0 atom stereocenters. The van der Waals surface area contributed by atoms with Gasteiger partial charge in [-0.05, 0) is 41.1 Å². The molecule has 240 valence electrons. The summed E-state index contributed by atoms with van der Waals surface area (Å²) in [6.45, 7) is 14.1. The monoisotopic (exact) mass is 630 g/mol. The molecular weight excluding hydrogens is 591 g/mol. The first-order valence-corrected chi connectivity index (χ1v) is 15.7. The van der Waals surface area contributed by atoms with Crippen molar-refractivity contribution >= 4 is 33.4 Å². The molecule has 6 rings (SSSR count). The van der Waals surface area contributed by atoms with Crippen molar-refractivity contribution in [3.8, 4) is 28.0 Å². The number of ether oxygens (including phenoxy) is 1. The van der Waals surface area contributed by atoms with E-state index in [0.29, 0.717) is 26.1 Å². The summed E-state index contributed by atoms with van der Waals surface area (Å²) in [5.74, 6) is 0.828. The summed E-state index contributed by atoms with van der Waals surface area (Å²) in [6, 6.07) is 25.2. The summed E-state index contributed by atoms with van der Waals surface area (Å²) in [5.41, 5.74) is 7.72. The first-order valence-electron chi connectivity index (χ1n) is 15.7. The van der Waals surface area contributed by atoms with Crippen molar-refractivity contribution < 1.29 is 33.2 Å². The summed E-state index contributed by atoms with van der Waals surface area (Å²) >= 11 is 0. The third-order valence-corrected chi connectivity index (χ3v) is 8.00. The minimum atomic E-state index is -0.0461. The molecule has 0 fully saturated rings. The van der Waals surface area contributed by atoms with Crippen molar-refractivity contribution in [1.29, 1.82) is 0 Å². The van der Waals surface area contributed by atoms with Gasteiger partial charge in [-0.2, -0.15) is 18.6 Å². The average molecular weight is 631 g/mol. The van der Waals surface area contributed by atoms with E-state index in [1.165, 1.54) is 39.3 Å². The van der Waals surface area contributed by atoms with Gasteiger partial charge in [0.05, 0.1) is 12.4 Å². The molecular formula is C40H39LiN4O3-2. The van der Waals surface area contributed by atoms with E-state index in [4.69, 9.17) is 4.74 Å². The van der Waals surface area contributed by atoms with Crippen molar-refractivity contribution in [2.24, 2.45) is 0 Å². The summed E-state index contributed by atoms with van der Waals surface area (Å²) in [4.78, 5) is 35.2. The Morgan fingerprint density at radius 3 is 2.29 bits per heavy atom. The number of rotatable bonds is 11. The van der Waals surface area contributed by atoms with Crippen molar-refractivity contribution in [1.82, 2.24) is 19.9 Å². The van der Waals surface area contributed by atoms with Crippen LogP contribution in [0.5, 0.6) is 5.75 Å². The van der Waals surface area contributed by atoms with Gasteiger partial charge >= 0.3 is 18.9 Å². The molecule has 3 heterocycles. The predicted octanol–water partition coefficient (Wildman–Crippen LogP) is 5.11. The molecule has 0 bridgehead atoms. The van der Waals surface area contributed by atoms with Gasteiger partial charge in [-0.15, -0.1) is 25.2 Å². The van der Waals surface area contributed by atoms with Gasteiger partial charge in [0.2, 0.25) is 5.91 Å². The fourth-order valence-corrected chi connectivity index (χ4v) is 5.39. The number of hydrogen-bond donors (Lipinski definition) is 1.